The van der Waals surface area contributed by atoms with Crippen molar-refractivity contribution in [3.63, 3.8) is 0 Å². The Morgan fingerprint density at radius 2 is 1.38 bits per heavy atom. The van der Waals surface area contributed by atoms with Crippen LogP contribution in [0.2, 0.25) is 0 Å². The molecule has 1 aliphatic heterocycles. The predicted molar refractivity (Wildman–Crippen MR) is 129 cm³/mol. The fourth-order valence-electron chi connectivity index (χ4n) is 4.31. The van der Waals surface area contributed by atoms with Crippen LogP contribution in [-0.4, -0.2) is 60.3 Å². The maximum absolute atomic E-state index is 13.6. The van der Waals surface area contributed by atoms with E-state index in [2.05, 4.69) is 33.8 Å². The van der Waals surface area contributed by atoms with Crippen molar-refractivity contribution in [1.82, 2.24) is 15.1 Å². The molecule has 2 aromatic carbocycles. The highest BCUT2D eigenvalue weighted by Gasteiger charge is 2.30. The topological polar surface area (TPSA) is 52.6 Å². The van der Waals surface area contributed by atoms with Gasteiger partial charge in [-0.3, -0.25) is 4.79 Å². The Morgan fingerprint density at radius 3 is 1.84 bits per heavy atom. The minimum atomic E-state index is -0.280. The van der Waals surface area contributed by atoms with E-state index in [0.717, 1.165) is 48.9 Å². The number of anilines is 2. The Labute approximate surface area is 190 Å². The van der Waals surface area contributed by atoms with Gasteiger partial charge in [-0.05, 0) is 37.1 Å². The summed E-state index contributed by atoms with van der Waals surface area (Å²) in [4.78, 5) is 20.0. The van der Waals surface area contributed by atoms with Crippen LogP contribution in [0.4, 0.5) is 11.6 Å². The van der Waals surface area contributed by atoms with Crippen molar-refractivity contribution in [3.05, 3.63) is 83.9 Å². The number of benzene rings is 2. The second kappa shape index (κ2) is 10.3. The lowest BCUT2D eigenvalue weighted by atomic mass is 9.90. The summed E-state index contributed by atoms with van der Waals surface area (Å²) in [6.45, 7) is 8.91. The molecular formula is C26H31N5O. The molecule has 6 heteroatoms. The summed E-state index contributed by atoms with van der Waals surface area (Å²) in [7, 11) is 0. The number of nitrogens with zero attached hydrogens (tertiary/aromatic N) is 5. The van der Waals surface area contributed by atoms with Gasteiger partial charge in [-0.1, -0.05) is 60.7 Å². The van der Waals surface area contributed by atoms with Crippen molar-refractivity contribution in [3.8, 4) is 0 Å². The summed E-state index contributed by atoms with van der Waals surface area (Å²) >= 11 is 0. The standard InChI is InChI=1S/C26H31N5O/c1-3-29(4-2)23-15-16-24(28-27-23)30-17-19-31(20-18-30)26(32)25(21-11-7-5-8-12-21)22-13-9-6-10-14-22/h5-16,25H,3-4,17-20H2,1-2H3. The number of amides is 1. The molecule has 2 heterocycles. The number of aromatic nitrogens is 2. The summed E-state index contributed by atoms with van der Waals surface area (Å²) in [6, 6.07) is 24.2. The molecular weight excluding hydrogens is 398 g/mol. The third kappa shape index (κ3) is 4.74. The van der Waals surface area contributed by atoms with Crippen LogP contribution < -0.4 is 9.80 Å². The maximum Gasteiger partial charge on any atom is 0.234 e. The second-order valence-electron chi connectivity index (χ2n) is 7.99. The van der Waals surface area contributed by atoms with E-state index in [1.165, 1.54) is 0 Å². The van der Waals surface area contributed by atoms with E-state index < -0.39 is 0 Å². The van der Waals surface area contributed by atoms with Crippen molar-refractivity contribution < 1.29 is 4.79 Å². The molecule has 1 amide bonds. The average Bonchev–Trinajstić information content (AvgIpc) is 2.87. The van der Waals surface area contributed by atoms with Crippen LogP contribution in [0.25, 0.3) is 0 Å². The number of hydrogen-bond acceptors (Lipinski definition) is 5. The van der Waals surface area contributed by atoms with Crippen LogP contribution >= 0.6 is 0 Å². The summed E-state index contributed by atoms with van der Waals surface area (Å²) in [5, 5.41) is 8.86. The molecule has 0 spiro atoms. The van der Waals surface area contributed by atoms with Crippen LogP contribution in [0.5, 0.6) is 0 Å². The molecule has 0 saturated carbocycles. The zero-order chi connectivity index (χ0) is 22.3. The summed E-state index contributed by atoms with van der Waals surface area (Å²) in [5.74, 6) is 1.65. The first-order chi connectivity index (χ1) is 15.7. The van der Waals surface area contributed by atoms with Crippen molar-refractivity contribution in [1.29, 1.82) is 0 Å². The fraction of sp³-hybridized carbons (Fsp3) is 0.346. The molecule has 0 atom stereocenters. The van der Waals surface area contributed by atoms with Crippen molar-refractivity contribution >= 4 is 17.5 Å². The molecule has 0 radical (unpaired) electrons. The Morgan fingerprint density at radius 1 is 0.812 bits per heavy atom. The van der Waals surface area contributed by atoms with Gasteiger partial charge in [0.2, 0.25) is 5.91 Å². The average molecular weight is 430 g/mol. The van der Waals surface area contributed by atoms with Gasteiger partial charge in [-0.25, -0.2) is 0 Å². The summed E-state index contributed by atoms with van der Waals surface area (Å²) in [6.07, 6.45) is 0. The molecule has 1 aromatic heterocycles. The van der Waals surface area contributed by atoms with Crippen molar-refractivity contribution in [2.45, 2.75) is 19.8 Å². The third-order valence-electron chi connectivity index (χ3n) is 6.15. The van der Waals surface area contributed by atoms with Crippen molar-refractivity contribution in [2.75, 3.05) is 49.1 Å². The lowest BCUT2D eigenvalue weighted by Crippen LogP contribution is -2.50. The van der Waals surface area contributed by atoms with Crippen LogP contribution in [0, 0.1) is 0 Å². The maximum atomic E-state index is 13.6. The van der Waals surface area contributed by atoms with E-state index in [9.17, 15) is 4.79 Å². The second-order valence-corrected chi connectivity index (χ2v) is 7.99. The lowest BCUT2D eigenvalue weighted by molar-refractivity contribution is -0.132. The van der Waals surface area contributed by atoms with Crippen LogP contribution in [0.1, 0.15) is 30.9 Å². The molecule has 0 N–H and O–H groups in total. The van der Waals surface area contributed by atoms with E-state index in [-0.39, 0.29) is 11.8 Å². The summed E-state index contributed by atoms with van der Waals surface area (Å²) < 4.78 is 0. The van der Waals surface area contributed by atoms with E-state index in [1.54, 1.807) is 0 Å². The fourth-order valence-corrected chi connectivity index (χ4v) is 4.31. The minimum absolute atomic E-state index is 0.157. The zero-order valence-corrected chi connectivity index (χ0v) is 18.9. The van der Waals surface area contributed by atoms with Gasteiger partial charge in [0.1, 0.15) is 0 Å². The van der Waals surface area contributed by atoms with E-state index in [0.29, 0.717) is 13.1 Å². The Bertz CT molecular complexity index is 942. The molecule has 6 nitrogen and oxygen atoms in total. The minimum Gasteiger partial charge on any atom is -0.356 e. The van der Waals surface area contributed by atoms with Gasteiger partial charge in [-0.2, -0.15) is 0 Å². The molecule has 0 bridgehead atoms. The first-order valence-electron chi connectivity index (χ1n) is 11.4. The zero-order valence-electron chi connectivity index (χ0n) is 18.9. The van der Waals surface area contributed by atoms with Gasteiger partial charge in [0.05, 0.1) is 5.92 Å². The smallest absolute Gasteiger partial charge is 0.234 e. The van der Waals surface area contributed by atoms with Crippen LogP contribution in [0.3, 0.4) is 0 Å². The normalized spacial score (nSPS) is 14.0. The molecule has 3 aromatic rings. The molecule has 32 heavy (non-hydrogen) atoms. The SMILES string of the molecule is CCN(CC)c1ccc(N2CCN(C(=O)C(c3ccccc3)c3ccccc3)CC2)nn1. The quantitative estimate of drug-likeness (QED) is 0.572. The van der Waals surface area contributed by atoms with E-state index >= 15 is 0 Å². The Balaban J connectivity index is 1.45. The monoisotopic (exact) mass is 429 g/mol. The highest BCUT2D eigenvalue weighted by molar-refractivity contribution is 5.87. The molecule has 0 aliphatic carbocycles. The molecule has 1 fully saturated rings. The first kappa shape index (κ1) is 21.8. The van der Waals surface area contributed by atoms with E-state index in [1.807, 2.05) is 77.7 Å². The highest BCUT2D eigenvalue weighted by Crippen LogP contribution is 2.28. The Hall–Kier alpha value is -3.41. The largest absolute Gasteiger partial charge is 0.356 e. The van der Waals surface area contributed by atoms with Crippen LogP contribution in [0.15, 0.2) is 72.8 Å². The van der Waals surface area contributed by atoms with Gasteiger partial charge in [0.15, 0.2) is 11.6 Å². The lowest BCUT2D eigenvalue weighted by Gasteiger charge is -2.37. The first-order valence-corrected chi connectivity index (χ1v) is 11.4. The number of hydrogen-bond donors (Lipinski definition) is 0. The van der Waals surface area contributed by atoms with Gasteiger partial charge in [0, 0.05) is 39.3 Å². The molecule has 4 rings (SSSR count). The van der Waals surface area contributed by atoms with Gasteiger partial charge < -0.3 is 14.7 Å². The number of carbonyl (C=O) groups is 1. The van der Waals surface area contributed by atoms with Gasteiger partial charge in [-0.15, -0.1) is 10.2 Å². The van der Waals surface area contributed by atoms with Crippen molar-refractivity contribution in [2.24, 2.45) is 0 Å². The molecule has 0 unspecified atom stereocenters. The molecule has 1 saturated heterocycles. The number of carbonyl (C=O) groups excluding carboxylic acids is 1. The predicted octanol–water partition coefficient (Wildman–Crippen LogP) is 3.80. The van der Waals surface area contributed by atoms with Crippen LogP contribution in [-0.2, 0) is 4.79 Å². The molecule has 1 aliphatic rings. The number of rotatable bonds is 7. The highest BCUT2D eigenvalue weighted by atomic mass is 16.2. The summed E-state index contributed by atoms with van der Waals surface area (Å²) in [5.41, 5.74) is 2.06. The van der Waals surface area contributed by atoms with Gasteiger partial charge >= 0.3 is 0 Å². The Kier molecular flexibility index (Phi) is 7.00. The van der Waals surface area contributed by atoms with E-state index in [4.69, 9.17) is 0 Å². The van der Waals surface area contributed by atoms with Gasteiger partial charge in [0.25, 0.3) is 0 Å². The third-order valence-corrected chi connectivity index (χ3v) is 6.15. The molecule has 166 valence electrons. The number of piperazine rings is 1.